The summed E-state index contributed by atoms with van der Waals surface area (Å²) in [5, 5.41) is 0. The van der Waals surface area contributed by atoms with Gasteiger partial charge in [0.05, 0.1) is 11.4 Å². The maximum atomic E-state index is 4.36. The van der Waals surface area contributed by atoms with Crippen molar-refractivity contribution >= 4 is 0 Å². The van der Waals surface area contributed by atoms with Crippen LogP contribution >= 0.6 is 0 Å². The summed E-state index contributed by atoms with van der Waals surface area (Å²) in [5.74, 6) is 0. The molecule has 0 unspecified atom stereocenters. The number of unbranched alkanes of at least 4 members (excludes halogenated alkanes) is 6. The molecule has 2 heteroatoms. The van der Waals surface area contributed by atoms with Crippen LogP contribution in [0.25, 0.3) is 0 Å². The highest BCUT2D eigenvalue weighted by atomic mass is 14.8. The molecule has 1 aromatic heterocycles. The quantitative estimate of drug-likeness (QED) is 0.617. The van der Waals surface area contributed by atoms with E-state index in [2.05, 4.69) is 16.9 Å². The first kappa shape index (κ1) is 13.1. The molecule has 0 N–H and O–H groups in total. The fourth-order valence-electron chi connectivity index (χ4n) is 1.81. The third-order valence-electron chi connectivity index (χ3n) is 2.87. The number of aromatic nitrogens is 2. The first-order valence-electron chi connectivity index (χ1n) is 6.60. The minimum atomic E-state index is 1.00. The van der Waals surface area contributed by atoms with Crippen LogP contribution in [0.1, 0.15) is 63.3 Å². The van der Waals surface area contributed by atoms with Gasteiger partial charge >= 0.3 is 0 Å². The smallest absolute Gasteiger partial charge is 0.0586 e. The van der Waals surface area contributed by atoms with Gasteiger partial charge in [0, 0.05) is 12.4 Å². The molecule has 0 bridgehead atoms. The monoisotopic (exact) mass is 220 g/mol. The van der Waals surface area contributed by atoms with Crippen LogP contribution in [0.15, 0.2) is 12.4 Å². The highest BCUT2D eigenvalue weighted by Gasteiger charge is 1.95. The van der Waals surface area contributed by atoms with Crippen molar-refractivity contribution in [2.75, 3.05) is 0 Å². The average Bonchev–Trinajstić information content (AvgIpc) is 2.30. The second-order valence-electron chi connectivity index (χ2n) is 4.52. The van der Waals surface area contributed by atoms with Crippen molar-refractivity contribution in [3.63, 3.8) is 0 Å². The van der Waals surface area contributed by atoms with E-state index >= 15 is 0 Å². The van der Waals surface area contributed by atoms with Crippen molar-refractivity contribution in [3.8, 4) is 0 Å². The van der Waals surface area contributed by atoms with E-state index in [1.165, 1.54) is 44.9 Å². The fourth-order valence-corrected chi connectivity index (χ4v) is 1.81. The summed E-state index contributed by atoms with van der Waals surface area (Å²) in [6.07, 6.45) is 14.3. The zero-order valence-corrected chi connectivity index (χ0v) is 10.7. The van der Waals surface area contributed by atoms with Crippen LogP contribution in [0.5, 0.6) is 0 Å². The number of hydrogen-bond acceptors (Lipinski definition) is 2. The summed E-state index contributed by atoms with van der Waals surface area (Å²) < 4.78 is 0. The summed E-state index contributed by atoms with van der Waals surface area (Å²) in [7, 11) is 0. The summed E-state index contributed by atoms with van der Waals surface area (Å²) >= 11 is 0. The van der Waals surface area contributed by atoms with Crippen LogP contribution in [0.4, 0.5) is 0 Å². The molecule has 0 aliphatic rings. The highest BCUT2D eigenvalue weighted by molar-refractivity contribution is 5.00. The first-order valence-corrected chi connectivity index (χ1v) is 6.60. The molecular formula is C14H24N2. The van der Waals surface area contributed by atoms with Gasteiger partial charge in [0.15, 0.2) is 0 Å². The van der Waals surface area contributed by atoms with Gasteiger partial charge in [0.25, 0.3) is 0 Å². The molecule has 1 rings (SSSR count). The SMILES string of the molecule is CCCCCCCCCc1cnc(C)cn1. The minimum absolute atomic E-state index is 1.00. The van der Waals surface area contributed by atoms with Crippen LogP contribution in [0.2, 0.25) is 0 Å². The Morgan fingerprint density at radius 3 is 2.19 bits per heavy atom. The molecule has 2 nitrogen and oxygen atoms in total. The maximum absolute atomic E-state index is 4.36. The molecule has 0 fully saturated rings. The van der Waals surface area contributed by atoms with E-state index in [9.17, 15) is 0 Å². The van der Waals surface area contributed by atoms with Crippen molar-refractivity contribution in [2.45, 2.75) is 65.2 Å². The predicted molar refractivity (Wildman–Crippen MR) is 68.5 cm³/mol. The van der Waals surface area contributed by atoms with E-state index in [0.717, 1.165) is 17.8 Å². The minimum Gasteiger partial charge on any atom is -0.258 e. The molecule has 0 saturated carbocycles. The van der Waals surface area contributed by atoms with Gasteiger partial charge in [-0.1, -0.05) is 45.4 Å². The molecule has 0 radical (unpaired) electrons. The summed E-state index contributed by atoms with van der Waals surface area (Å²) in [4.78, 5) is 8.62. The van der Waals surface area contributed by atoms with Gasteiger partial charge in [-0.15, -0.1) is 0 Å². The van der Waals surface area contributed by atoms with Crippen LogP contribution in [0, 0.1) is 6.92 Å². The van der Waals surface area contributed by atoms with Crippen LogP contribution < -0.4 is 0 Å². The zero-order chi connectivity index (χ0) is 11.6. The van der Waals surface area contributed by atoms with Gasteiger partial charge < -0.3 is 0 Å². The normalized spacial score (nSPS) is 10.6. The van der Waals surface area contributed by atoms with Gasteiger partial charge in [-0.05, 0) is 19.8 Å². The van der Waals surface area contributed by atoms with Gasteiger partial charge in [-0.3, -0.25) is 9.97 Å². The van der Waals surface area contributed by atoms with Crippen molar-refractivity contribution in [2.24, 2.45) is 0 Å². The molecule has 0 aliphatic carbocycles. The Morgan fingerprint density at radius 2 is 1.56 bits per heavy atom. The van der Waals surface area contributed by atoms with Crippen molar-refractivity contribution < 1.29 is 0 Å². The Bertz CT molecular complexity index is 267. The molecule has 0 atom stereocenters. The topological polar surface area (TPSA) is 25.8 Å². The third-order valence-corrected chi connectivity index (χ3v) is 2.87. The van der Waals surface area contributed by atoms with E-state index in [1.54, 1.807) is 0 Å². The van der Waals surface area contributed by atoms with E-state index in [4.69, 9.17) is 0 Å². The van der Waals surface area contributed by atoms with E-state index < -0.39 is 0 Å². The number of nitrogens with zero attached hydrogens (tertiary/aromatic N) is 2. The molecule has 0 saturated heterocycles. The molecule has 1 heterocycles. The lowest BCUT2D eigenvalue weighted by Gasteiger charge is -2.01. The predicted octanol–water partition coefficient (Wildman–Crippen LogP) is 4.08. The Kier molecular flexibility index (Phi) is 6.78. The lowest BCUT2D eigenvalue weighted by Crippen LogP contribution is -1.93. The van der Waals surface area contributed by atoms with Crippen LogP contribution in [-0.2, 0) is 6.42 Å². The summed E-state index contributed by atoms with van der Waals surface area (Å²) in [5.41, 5.74) is 2.14. The Balaban J connectivity index is 2.01. The third kappa shape index (κ3) is 5.84. The Morgan fingerprint density at radius 1 is 0.875 bits per heavy atom. The van der Waals surface area contributed by atoms with Crippen molar-refractivity contribution in [1.29, 1.82) is 0 Å². The van der Waals surface area contributed by atoms with Gasteiger partial charge in [-0.25, -0.2) is 0 Å². The molecule has 0 aromatic carbocycles. The van der Waals surface area contributed by atoms with E-state index in [-0.39, 0.29) is 0 Å². The Hall–Kier alpha value is -0.920. The maximum Gasteiger partial charge on any atom is 0.0586 e. The molecule has 1 aromatic rings. The molecule has 16 heavy (non-hydrogen) atoms. The lowest BCUT2D eigenvalue weighted by atomic mass is 10.1. The van der Waals surface area contributed by atoms with Crippen LogP contribution in [0.3, 0.4) is 0 Å². The summed E-state index contributed by atoms with van der Waals surface area (Å²) in [6.45, 7) is 4.24. The number of hydrogen-bond donors (Lipinski definition) is 0. The molecule has 0 aliphatic heterocycles. The standard InChI is InChI=1S/C14H24N2/c1-3-4-5-6-7-8-9-10-14-12-15-13(2)11-16-14/h11-12H,3-10H2,1-2H3. The Labute approximate surface area is 99.5 Å². The average molecular weight is 220 g/mol. The molecular weight excluding hydrogens is 196 g/mol. The van der Waals surface area contributed by atoms with Crippen molar-refractivity contribution in [1.82, 2.24) is 9.97 Å². The second-order valence-corrected chi connectivity index (χ2v) is 4.52. The van der Waals surface area contributed by atoms with Gasteiger partial charge in [0.2, 0.25) is 0 Å². The van der Waals surface area contributed by atoms with Gasteiger partial charge in [-0.2, -0.15) is 0 Å². The van der Waals surface area contributed by atoms with Crippen molar-refractivity contribution in [3.05, 3.63) is 23.8 Å². The molecule has 0 spiro atoms. The molecule has 90 valence electrons. The van der Waals surface area contributed by atoms with E-state index in [0.29, 0.717) is 0 Å². The zero-order valence-electron chi connectivity index (χ0n) is 10.7. The fraction of sp³-hybridized carbons (Fsp3) is 0.714. The first-order chi connectivity index (χ1) is 7.83. The second kappa shape index (κ2) is 8.26. The number of aryl methyl sites for hydroxylation is 2. The van der Waals surface area contributed by atoms with Gasteiger partial charge in [0.1, 0.15) is 0 Å². The van der Waals surface area contributed by atoms with E-state index in [1.807, 2.05) is 19.3 Å². The highest BCUT2D eigenvalue weighted by Crippen LogP contribution is 2.09. The number of rotatable bonds is 8. The summed E-state index contributed by atoms with van der Waals surface area (Å²) in [6, 6.07) is 0. The largest absolute Gasteiger partial charge is 0.258 e. The lowest BCUT2D eigenvalue weighted by molar-refractivity contribution is 0.587. The molecule has 0 amide bonds. The van der Waals surface area contributed by atoms with Crippen LogP contribution in [-0.4, -0.2) is 9.97 Å².